The molecule has 176 valence electrons. The summed E-state index contributed by atoms with van der Waals surface area (Å²) in [5.74, 6) is 0.857. The Bertz CT molecular complexity index is 1110. The maximum absolute atomic E-state index is 11.6. The van der Waals surface area contributed by atoms with Crippen molar-refractivity contribution < 1.29 is 28.5 Å². The molecule has 6 nitrogen and oxygen atoms in total. The maximum Gasteiger partial charge on any atom is 0.305 e. The summed E-state index contributed by atoms with van der Waals surface area (Å²) in [6.45, 7) is 4.64. The zero-order valence-corrected chi connectivity index (χ0v) is 19.8. The van der Waals surface area contributed by atoms with Crippen LogP contribution in [-0.2, 0) is 19.1 Å². The number of fused-ring (bicyclic) bond motifs is 2. The Hall–Kier alpha value is -2.99. The monoisotopic (exact) mass is 472 g/mol. The van der Waals surface area contributed by atoms with Crippen molar-refractivity contribution >= 4 is 45.1 Å². The van der Waals surface area contributed by atoms with E-state index in [1.807, 2.05) is 50.2 Å². The Labute approximate surface area is 198 Å². The maximum atomic E-state index is 11.6. The SMILES string of the molecule is CCCC(=O)OCCOc1c2ccccc2c(OCCOC(=O)CCC)c2cc(Cl)ccc12. The van der Waals surface area contributed by atoms with Crippen molar-refractivity contribution in [3.8, 4) is 11.5 Å². The molecule has 0 heterocycles. The number of ether oxygens (including phenoxy) is 4. The Morgan fingerprint density at radius 1 is 0.697 bits per heavy atom. The zero-order valence-electron chi connectivity index (χ0n) is 19.0. The average Bonchev–Trinajstić information content (AvgIpc) is 2.80. The molecule has 0 saturated heterocycles. The van der Waals surface area contributed by atoms with Gasteiger partial charge in [0.25, 0.3) is 0 Å². The lowest BCUT2D eigenvalue weighted by atomic mass is 10.0. The Balaban J connectivity index is 1.87. The van der Waals surface area contributed by atoms with E-state index in [0.29, 0.717) is 29.4 Å². The second-order valence-corrected chi connectivity index (χ2v) is 7.97. The first-order valence-electron chi connectivity index (χ1n) is 11.3. The van der Waals surface area contributed by atoms with E-state index in [9.17, 15) is 9.59 Å². The van der Waals surface area contributed by atoms with Gasteiger partial charge in [0.05, 0.1) is 0 Å². The first kappa shape index (κ1) is 24.6. The van der Waals surface area contributed by atoms with Gasteiger partial charge in [0.2, 0.25) is 0 Å². The van der Waals surface area contributed by atoms with Crippen molar-refractivity contribution in [3.05, 3.63) is 47.5 Å². The van der Waals surface area contributed by atoms with E-state index in [1.54, 1.807) is 6.07 Å². The first-order valence-corrected chi connectivity index (χ1v) is 11.6. The van der Waals surface area contributed by atoms with E-state index < -0.39 is 0 Å². The first-order chi connectivity index (χ1) is 16.0. The molecule has 33 heavy (non-hydrogen) atoms. The van der Waals surface area contributed by atoms with Crippen LogP contribution < -0.4 is 9.47 Å². The largest absolute Gasteiger partial charge is 0.489 e. The molecule has 0 N–H and O–H groups in total. The summed E-state index contributed by atoms with van der Waals surface area (Å²) in [6.07, 6.45) is 2.27. The molecule has 0 amide bonds. The molecule has 7 heteroatoms. The molecule has 3 aromatic rings. The van der Waals surface area contributed by atoms with Gasteiger partial charge in [-0.2, -0.15) is 0 Å². The summed E-state index contributed by atoms with van der Waals surface area (Å²) in [7, 11) is 0. The van der Waals surface area contributed by atoms with Gasteiger partial charge >= 0.3 is 11.9 Å². The van der Waals surface area contributed by atoms with E-state index in [-0.39, 0.29) is 38.4 Å². The summed E-state index contributed by atoms with van der Waals surface area (Å²) in [5.41, 5.74) is 0. The standard InChI is InChI=1S/C26H29ClO6/c1-3-7-23(28)30-13-15-32-25-19-9-5-6-10-20(19)26(22-17-18(27)11-12-21(22)25)33-16-14-31-24(29)8-4-2/h5-6,9-12,17H,3-4,7-8,13-16H2,1-2H3. The highest BCUT2D eigenvalue weighted by atomic mass is 35.5. The van der Waals surface area contributed by atoms with Crippen LogP contribution >= 0.6 is 11.6 Å². The molecule has 0 aromatic heterocycles. The van der Waals surface area contributed by atoms with Crippen molar-refractivity contribution in [2.75, 3.05) is 26.4 Å². The van der Waals surface area contributed by atoms with Gasteiger partial charge in [0, 0.05) is 39.4 Å². The predicted octanol–water partition coefficient (Wildman–Crippen LogP) is 6.09. The molecule has 0 aliphatic heterocycles. The van der Waals surface area contributed by atoms with E-state index in [2.05, 4.69) is 0 Å². The van der Waals surface area contributed by atoms with Gasteiger partial charge in [-0.15, -0.1) is 0 Å². The van der Waals surface area contributed by atoms with E-state index >= 15 is 0 Å². The third-order valence-corrected chi connectivity index (χ3v) is 5.22. The van der Waals surface area contributed by atoms with Gasteiger partial charge in [-0.05, 0) is 31.0 Å². The highest BCUT2D eigenvalue weighted by molar-refractivity contribution is 6.31. The minimum Gasteiger partial charge on any atom is -0.489 e. The second kappa shape index (κ2) is 12.3. The number of halogens is 1. The number of carbonyl (C=O) groups excluding carboxylic acids is 2. The summed E-state index contributed by atoms with van der Waals surface area (Å²) >= 11 is 6.30. The summed E-state index contributed by atoms with van der Waals surface area (Å²) in [5, 5.41) is 3.90. The van der Waals surface area contributed by atoms with Crippen LogP contribution in [0.1, 0.15) is 39.5 Å². The molecular weight excluding hydrogens is 444 g/mol. The molecule has 0 aliphatic rings. The average molecular weight is 473 g/mol. The third kappa shape index (κ3) is 6.51. The Morgan fingerprint density at radius 2 is 1.18 bits per heavy atom. The summed E-state index contributed by atoms with van der Waals surface area (Å²) in [4.78, 5) is 23.3. The highest BCUT2D eigenvalue weighted by Crippen LogP contribution is 2.43. The number of rotatable bonds is 12. The van der Waals surface area contributed by atoms with Crippen molar-refractivity contribution in [3.63, 3.8) is 0 Å². The highest BCUT2D eigenvalue weighted by Gasteiger charge is 2.17. The lowest BCUT2D eigenvalue weighted by Crippen LogP contribution is -2.13. The molecule has 0 atom stereocenters. The normalized spacial score (nSPS) is 10.9. The number of hydrogen-bond donors (Lipinski definition) is 0. The fourth-order valence-electron chi connectivity index (χ4n) is 3.53. The molecule has 0 bridgehead atoms. The van der Waals surface area contributed by atoms with Gasteiger partial charge in [0.15, 0.2) is 0 Å². The van der Waals surface area contributed by atoms with E-state index in [4.69, 9.17) is 30.5 Å². The molecule has 0 unspecified atom stereocenters. The van der Waals surface area contributed by atoms with Gasteiger partial charge in [-0.25, -0.2) is 0 Å². The summed E-state index contributed by atoms with van der Waals surface area (Å²) < 4.78 is 22.6. The fraction of sp³-hybridized carbons (Fsp3) is 0.385. The molecular formula is C26H29ClO6. The minimum atomic E-state index is -0.234. The lowest BCUT2D eigenvalue weighted by molar-refractivity contribution is -0.145. The van der Waals surface area contributed by atoms with Crippen LogP contribution in [0.25, 0.3) is 21.5 Å². The molecule has 0 saturated carbocycles. The second-order valence-electron chi connectivity index (χ2n) is 7.53. The topological polar surface area (TPSA) is 71.1 Å². The minimum absolute atomic E-state index is 0.163. The number of hydrogen-bond acceptors (Lipinski definition) is 6. The quantitative estimate of drug-likeness (QED) is 0.180. The van der Waals surface area contributed by atoms with Crippen molar-refractivity contribution in [2.24, 2.45) is 0 Å². The van der Waals surface area contributed by atoms with Crippen LogP contribution in [-0.4, -0.2) is 38.4 Å². The molecule has 0 fully saturated rings. The van der Waals surface area contributed by atoms with Crippen LogP contribution in [0.3, 0.4) is 0 Å². The zero-order chi connectivity index (χ0) is 23.6. The predicted molar refractivity (Wildman–Crippen MR) is 129 cm³/mol. The number of carbonyl (C=O) groups is 2. The van der Waals surface area contributed by atoms with Crippen LogP contribution in [0.5, 0.6) is 11.5 Å². The Kier molecular flexibility index (Phi) is 9.19. The van der Waals surface area contributed by atoms with Crippen LogP contribution in [0.2, 0.25) is 5.02 Å². The third-order valence-electron chi connectivity index (χ3n) is 4.98. The van der Waals surface area contributed by atoms with Gasteiger partial charge in [-0.1, -0.05) is 49.7 Å². The van der Waals surface area contributed by atoms with Gasteiger partial charge < -0.3 is 18.9 Å². The van der Waals surface area contributed by atoms with Crippen LogP contribution in [0.15, 0.2) is 42.5 Å². The number of esters is 2. The molecule has 3 rings (SSSR count). The van der Waals surface area contributed by atoms with Crippen molar-refractivity contribution in [2.45, 2.75) is 39.5 Å². The van der Waals surface area contributed by atoms with Gasteiger partial charge in [-0.3, -0.25) is 9.59 Å². The van der Waals surface area contributed by atoms with Crippen LogP contribution in [0.4, 0.5) is 0 Å². The molecule has 3 aromatic carbocycles. The fourth-order valence-corrected chi connectivity index (χ4v) is 3.71. The summed E-state index contributed by atoms with van der Waals surface area (Å²) in [6, 6.07) is 13.3. The lowest BCUT2D eigenvalue weighted by Gasteiger charge is -2.18. The van der Waals surface area contributed by atoms with Crippen molar-refractivity contribution in [1.82, 2.24) is 0 Å². The molecule has 0 spiro atoms. The smallest absolute Gasteiger partial charge is 0.305 e. The van der Waals surface area contributed by atoms with Crippen LogP contribution in [0, 0.1) is 0 Å². The molecule has 0 radical (unpaired) electrons. The van der Waals surface area contributed by atoms with Crippen molar-refractivity contribution in [1.29, 1.82) is 0 Å². The van der Waals surface area contributed by atoms with E-state index in [1.165, 1.54) is 0 Å². The van der Waals surface area contributed by atoms with Gasteiger partial charge in [0.1, 0.15) is 37.9 Å². The Morgan fingerprint density at radius 3 is 1.70 bits per heavy atom. The molecule has 0 aliphatic carbocycles. The number of benzene rings is 3. The van der Waals surface area contributed by atoms with E-state index in [0.717, 1.165) is 34.4 Å².